The summed E-state index contributed by atoms with van der Waals surface area (Å²) in [4.78, 5) is 22.5. The molecule has 17 heavy (non-hydrogen) atoms. The van der Waals surface area contributed by atoms with Crippen LogP contribution in [0.4, 0.5) is 0 Å². The summed E-state index contributed by atoms with van der Waals surface area (Å²) in [5.41, 5.74) is 1.85. The molecule has 2 aromatic rings. The highest BCUT2D eigenvalue weighted by molar-refractivity contribution is 6.32. The van der Waals surface area contributed by atoms with E-state index in [-0.39, 0.29) is 10.6 Å². The number of hydrogen-bond acceptors (Lipinski definition) is 2. The standard InChI is InChI=1S/C13H10ClNO2/c1-9-2-4-11(5-3-9)15-7-10(8-16)12(14)6-13(15)17/h2-8H,1H3. The zero-order valence-corrected chi connectivity index (χ0v) is 9.94. The fourth-order valence-corrected chi connectivity index (χ4v) is 1.71. The third-order valence-electron chi connectivity index (χ3n) is 2.47. The Labute approximate surface area is 103 Å². The molecule has 0 aliphatic heterocycles. The molecule has 0 aliphatic carbocycles. The lowest BCUT2D eigenvalue weighted by molar-refractivity contribution is 0.112. The number of pyridine rings is 1. The van der Waals surface area contributed by atoms with Gasteiger partial charge in [-0.25, -0.2) is 0 Å². The van der Waals surface area contributed by atoms with Crippen LogP contribution in [-0.4, -0.2) is 10.9 Å². The van der Waals surface area contributed by atoms with Crippen molar-refractivity contribution in [3.63, 3.8) is 0 Å². The lowest BCUT2D eigenvalue weighted by Gasteiger charge is -2.07. The molecule has 0 bridgehead atoms. The molecule has 0 N–H and O–H groups in total. The topological polar surface area (TPSA) is 39.1 Å². The van der Waals surface area contributed by atoms with Crippen LogP contribution in [0, 0.1) is 6.92 Å². The quantitative estimate of drug-likeness (QED) is 0.766. The summed E-state index contributed by atoms with van der Waals surface area (Å²) in [5.74, 6) is 0. The second kappa shape index (κ2) is 4.55. The average Bonchev–Trinajstić information content (AvgIpc) is 2.31. The first-order chi connectivity index (χ1) is 8.11. The molecule has 2 rings (SSSR count). The van der Waals surface area contributed by atoms with Gasteiger partial charge in [0.05, 0.1) is 5.02 Å². The van der Waals surface area contributed by atoms with Crippen LogP contribution >= 0.6 is 11.6 Å². The summed E-state index contributed by atoms with van der Waals surface area (Å²) in [7, 11) is 0. The highest BCUT2D eigenvalue weighted by atomic mass is 35.5. The highest BCUT2D eigenvalue weighted by Gasteiger charge is 2.05. The van der Waals surface area contributed by atoms with Crippen molar-refractivity contribution in [3.05, 3.63) is 63.0 Å². The average molecular weight is 248 g/mol. The molecule has 0 atom stereocenters. The molecule has 0 saturated heterocycles. The number of rotatable bonds is 2. The van der Waals surface area contributed by atoms with Crippen molar-refractivity contribution < 1.29 is 4.79 Å². The predicted octanol–water partition coefficient (Wildman–Crippen LogP) is 2.61. The van der Waals surface area contributed by atoms with Crippen molar-refractivity contribution in [2.45, 2.75) is 6.92 Å². The molecular formula is C13H10ClNO2. The van der Waals surface area contributed by atoms with E-state index in [1.165, 1.54) is 16.8 Å². The Morgan fingerprint density at radius 1 is 1.24 bits per heavy atom. The fourth-order valence-electron chi connectivity index (χ4n) is 1.52. The van der Waals surface area contributed by atoms with Gasteiger partial charge in [0.2, 0.25) is 0 Å². The first kappa shape index (κ1) is 11.6. The van der Waals surface area contributed by atoms with Crippen LogP contribution in [0.2, 0.25) is 5.02 Å². The van der Waals surface area contributed by atoms with Crippen molar-refractivity contribution in [3.8, 4) is 5.69 Å². The maximum absolute atomic E-state index is 11.8. The Morgan fingerprint density at radius 2 is 1.88 bits per heavy atom. The Balaban J connectivity index is 2.63. The molecule has 0 unspecified atom stereocenters. The molecule has 0 amide bonds. The van der Waals surface area contributed by atoms with Crippen molar-refractivity contribution in [2.24, 2.45) is 0 Å². The molecule has 1 heterocycles. The van der Waals surface area contributed by atoms with E-state index in [0.29, 0.717) is 17.5 Å². The van der Waals surface area contributed by atoms with E-state index < -0.39 is 0 Å². The van der Waals surface area contributed by atoms with Gasteiger partial charge in [-0.3, -0.25) is 14.2 Å². The van der Waals surface area contributed by atoms with Crippen LogP contribution in [0.3, 0.4) is 0 Å². The number of carbonyl (C=O) groups is 1. The second-order valence-corrected chi connectivity index (χ2v) is 4.15. The van der Waals surface area contributed by atoms with Gasteiger partial charge in [0.1, 0.15) is 0 Å². The van der Waals surface area contributed by atoms with Crippen LogP contribution < -0.4 is 5.56 Å². The maximum atomic E-state index is 11.8. The summed E-state index contributed by atoms with van der Waals surface area (Å²) in [6, 6.07) is 8.68. The predicted molar refractivity (Wildman–Crippen MR) is 67.2 cm³/mol. The van der Waals surface area contributed by atoms with E-state index in [9.17, 15) is 9.59 Å². The molecule has 0 fully saturated rings. The van der Waals surface area contributed by atoms with Crippen molar-refractivity contribution in [1.29, 1.82) is 0 Å². The lowest BCUT2D eigenvalue weighted by Crippen LogP contribution is -2.17. The number of aldehydes is 1. The number of aromatic nitrogens is 1. The zero-order valence-electron chi connectivity index (χ0n) is 9.18. The van der Waals surface area contributed by atoms with Gasteiger partial charge in [0, 0.05) is 23.5 Å². The van der Waals surface area contributed by atoms with Gasteiger partial charge in [0.25, 0.3) is 5.56 Å². The molecule has 0 saturated carbocycles. The monoisotopic (exact) mass is 247 g/mol. The summed E-state index contributed by atoms with van der Waals surface area (Å²) < 4.78 is 1.40. The Morgan fingerprint density at radius 3 is 2.47 bits per heavy atom. The van der Waals surface area contributed by atoms with Gasteiger partial charge in [0.15, 0.2) is 6.29 Å². The number of hydrogen-bond donors (Lipinski definition) is 0. The second-order valence-electron chi connectivity index (χ2n) is 3.74. The molecule has 1 aromatic heterocycles. The first-order valence-electron chi connectivity index (χ1n) is 5.06. The van der Waals surface area contributed by atoms with Gasteiger partial charge < -0.3 is 0 Å². The number of benzene rings is 1. The van der Waals surface area contributed by atoms with Gasteiger partial charge >= 0.3 is 0 Å². The summed E-state index contributed by atoms with van der Waals surface area (Å²) in [5, 5.41) is 0.174. The third-order valence-corrected chi connectivity index (χ3v) is 2.80. The van der Waals surface area contributed by atoms with Crippen LogP contribution in [0.25, 0.3) is 5.69 Å². The third kappa shape index (κ3) is 2.29. The molecule has 1 aromatic carbocycles. The number of carbonyl (C=O) groups excluding carboxylic acids is 1. The van der Waals surface area contributed by atoms with Crippen LogP contribution in [-0.2, 0) is 0 Å². The smallest absolute Gasteiger partial charge is 0.256 e. The van der Waals surface area contributed by atoms with Gasteiger partial charge in [-0.1, -0.05) is 29.3 Å². The van der Waals surface area contributed by atoms with Crippen LogP contribution in [0.5, 0.6) is 0 Å². The molecular weight excluding hydrogens is 238 g/mol. The lowest BCUT2D eigenvalue weighted by atomic mass is 10.2. The molecule has 0 spiro atoms. The fraction of sp³-hybridized carbons (Fsp3) is 0.0769. The molecule has 86 valence electrons. The van der Waals surface area contributed by atoms with Gasteiger partial charge in [-0.2, -0.15) is 0 Å². The Hall–Kier alpha value is -1.87. The summed E-state index contributed by atoms with van der Waals surface area (Å²) in [6.45, 7) is 1.96. The molecule has 4 heteroatoms. The summed E-state index contributed by atoms with van der Waals surface area (Å²) in [6.07, 6.45) is 2.08. The molecule has 3 nitrogen and oxygen atoms in total. The number of halogens is 1. The van der Waals surface area contributed by atoms with Crippen LogP contribution in [0.1, 0.15) is 15.9 Å². The van der Waals surface area contributed by atoms with E-state index in [0.717, 1.165) is 5.56 Å². The SMILES string of the molecule is Cc1ccc(-n2cc(C=O)c(Cl)cc2=O)cc1. The van der Waals surface area contributed by atoms with E-state index >= 15 is 0 Å². The van der Waals surface area contributed by atoms with Gasteiger partial charge in [-0.05, 0) is 19.1 Å². The van der Waals surface area contributed by atoms with Crippen molar-refractivity contribution >= 4 is 17.9 Å². The molecule has 0 radical (unpaired) electrons. The number of nitrogens with zero attached hydrogens (tertiary/aromatic N) is 1. The Bertz CT molecular complexity index is 614. The minimum absolute atomic E-state index is 0.174. The van der Waals surface area contributed by atoms with E-state index in [1.54, 1.807) is 0 Å². The minimum atomic E-state index is -0.260. The first-order valence-corrected chi connectivity index (χ1v) is 5.44. The van der Waals surface area contributed by atoms with Crippen molar-refractivity contribution in [2.75, 3.05) is 0 Å². The maximum Gasteiger partial charge on any atom is 0.256 e. The minimum Gasteiger partial charge on any atom is -0.298 e. The zero-order chi connectivity index (χ0) is 12.4. The van der Waals surface area contributed by atoms with Crippen LogP contribution in [0.15, 0.2) is 41.3 Å². The largest absolute Gasteiger partial charge is 0.298 e. The summed E-state index contributed by atoms with van der Waals surface area (Å²) >= 11 is 5.77. The van der Waals surface area contributed by atoms with E-state index in [1.807, 2.05) is 31.2 Å². The normalized spacial score (nSPS) is 10.2. The number of aryl methyl sites for hydroxylation is 1. The van der Waals surface area contributed by atoms with Gasteiger partial charge in [-0.15, -0.1) is 0 Å². The Kier molecular flexibility index (Phi) is 3.11. The van der Waals surface area contributed by atoms with E-state index in [4.69, 9.17) is 11.6 Å². The highest BCUT2D eigenvalue weighted by Crippen LogP contribution is 2.13. The van der Waals surface area contributed by atoms with E-state index in [2.05, 4.69) is 0 Å². The molecule has 0 aliphatic rings. The van der Waals surface area contributed by atoms with Crippen molar-refractivity contribution in [1.82, 2.24) is 4.57 Å².